The summed E-state index contributed by atoms with van der Waals surface area (Å²) in [6.45, 7) is 4.46. The molecule has 0 N–H and O–H groups in total. The van der Waals surface area contributed by atoms with E-state index in [2.05, 4.69) is 4.18 Å². The van der Waals surface area contributed by atoms with Crippen LogP contribution in [0.15, 0.2) is 30.0 Å². The Kier molecular flexibility index (Phi) is 4.29. The molecule has 0 atom stereocenters. The van der Waals surface area contributed by atoms with Crippen LogP contribution in [0.25, 0.3) is 5.57 Å². The highest BCUT2D eigenvalue weighted by Crippen LogP contribution is 2.29. The van der Waals surface area contributed by atoms with Gasteiger partial charge >= 0.3 is 15.6 Å². The van der Waals surface area contributed by atoms with Gasteiger partial charge in [-0.25, -0.2) is 0 Å². The van der Waals surface area contributed by atoms with Crippen LogP contribution in [0.2, 0.25) is 0 Å². The van der Waals surface area contributed by atoms with E-state index in [-0.39, 0.29) is 5.76 Å². The predicted molar refractivity (Wildman–Crippen MR) is 65.5 cm³/mol. The maximum absolute atomic E-state index is 12.2. The van der Waals surface area contributed by atoms with Crippen LogP contribution in [0.4, 0.5) is 13.2 Å². The maximum atomic E-state index is 12.2. The lowest BCUT2D eigenvalue weighted by atomic mass is 10.0. The van der Waals surface area contributed by atoms with Crippen molar-refractivity contribution in [2.75, 3.05) is 0 Å². The van der Waals surface area contributed by atoms with Gasteiger partial charge in [0, 0.05) is 0 Å². The Hall–Kier alpha value is -1.50. The summed E-state index contributed by atoms with van der Waals surface area (Å²) in [6.07, 6.45) is 0. The Labute approximate surface area is 109 Å². The number of rotatable bonds is 3. The zero-order chi connectivity index (χ0) is 14.8. The average molecular weight is 294 g/mol. The van der Waals surface area contributed by atoms with E-state index >= 15 is 0 Å². The monoisotopic (exact) mass is 294 g/mol. The normalized spacial score (nSPS) is 14.0. The molecule has 0 fully saturated rings. The van der Waals surface area contributed by atoms with Gasteiger partial charge in [0.1, 0.15) is 5.76 Å². The van der Waals surface area contributed by atoms with Crippen molar-refractivity contribution in [3.05, 3.63) is 41.2 Å². The molecule has 0 bridgehead atoms. The third kappa shape index (κ3) is 3.50. The lowest BCUT2D eigenvalue weighted by Gasteiger charge is -2.13. The lowest BCUT2D eigenvalue weighted by molar-refractivity contribution is -0.0521. The van der Waals surface area contributed by atoms with Gasteiger partial charge in [-0.2, -0.15) is 21.6 Å². The van der Waals surface area contributed by atoms with Gasteiger partial charge in [0.25, 0.3) is 0 Å². The molecule has 0 aliphatic rings. The molecule has 0 unspecified atom stereocenters. The molecular formula is C12H13F3O3S. The zero-order valence-corrected chi connectivity index (χ0v) is 11.4. The Bertz CT molecular complexity index is 601. The van der Waals surface area contributed by atoms with E-state index in [1.165, 1.54) is 13.8 Å². The van der Waals surface area contributed by atoms with Crippen molar-refractivity contribution in [1.29, 1.82) is 0 Å². The molecule has 106 valence electrons. The number of allylic oxidation sites excluding steroid dienone is 2. The highest BCUT2D eigenvalue weighted by molar-refractivity contribution is 7.87. The summed E-state index contributed by atoms with van der Waals surface area (Å²) in [4.78, 5) is 0. The van der Waals surface area contributed by atoms with E-state index in [0.29, 0.717) is 11.1 Å². The van der Waals surface area contributed by atoms with Gasteiger partial charge in [0.05, 0.1) is 0 Å². The lowest BCUT2D eigenvalue weighted by Crippen LogP contribution is -2.25. The molecule has 7 heteroatoms. The first-order valence-corrected chi connectivity index (χ1v) is 6.71. The quantitative estimate of drug-likeness (QED) is 0.486. The molecule has 0 aliphatic carbocycles. The minimum absolute atomic E-state index is 0.299. The second-order valence-corrected chi connectivity index (χ2v) is 5.52. The fraction of sp³-hybridized carbons (Fsp3) is 0.333. The molecular weight excluding hydrogens is 281 g/mol. The Balaban J connectivity index is 3.16. The molecule has 0 radical (unpaired) electrons. The summed E-state index contributed by atoms with van der Waals surface area (Å²) in [6, 6.07) is 6.92. The first-order valence-electron chi connectivity index (χ1n) is 5.30. The smallest absolute Gasteiger partial charge is 0.381 e. The number of aryl methyl sites for hydroxylation is 1. The van der Waals surface area contributed by atoms with Gasteiger partial charge in [0.2, 0.25) is 0 Å². The van der Waals surface area contributed by atoms with Crippen LogP contribution in [0.3, 0.4) is 0 Å². The minimum atomic E-state index is -5.62. The largest absolute Gasteiger partial charge is 0.534 e. The topological polar surface area (TPSA) is 43.4 Å². The highest BCUT2D eigenvalue weighted by Gasteiger charge is 2.48. The van der Waals surface area contributed by atoms with E-state index < -0.39 is 15.6 Å². The summed E-state index contributed by atoms with van der Waals surface area (Å²) in [5.41, 5.74) is -3.64. The van der Waals surface area contributed by atoms with Gasteiger partial charge in [-0.1, -0.05) is 24.3 Å². The molecule has 1 aromatic carbocycles. The van der Waals surface area contributed by atoms with Crippen molar-refractivity contribution < 1.29 is 25.8 Å². The Morgan fingerprint density at radius 3 is 2.16 bits per heavy atom. The van der Waals surface area contributed by atoms with Crippen molar-refractivity contribution in [3.63, 3.8) is 0 Å². The number of halogens is 3. The average Bonchev–Trinajstić information content (AvgIpc) is 2.26. The van der Waals surface area contributed by atoms with Crippen molar-refractivity contribution in [1.82, 2.24) is 0 Å². The Morgan fingerprint density at radius 2 is 1.68 bits per heavy atom. The van der Waals surface area contributed by atoms with E-state index in [9.17, 15) is 21.6 Å². The molecule has 0 saturated carbocycles. The van der Waals surface area contributed by atoms with Gasteiger partial charge in [0.15, 0.2) is 0 Å². The third-order valence-corrected chi connectivity index (χ3v) is 3.63. The van der Waals surface area contributed by atoms with E-state index in [0.717, 1.165) is 5.56 Å². The van der Waals surface area contributed by atoms with E-state index in [4.69, 9.17) is 0 Å². The minimum Gasteiger partial charge on any atom is -0.381 e. The molecule has 0 aliphatic heterocycles. The highest BCUT2D eigenvalue weighted by atomic mass is 32.2. The van der Waals surface area contributed by atoms with Gasteiger partial charge in [-0.15, -0.1) is 0 Å². The fourth-order valence-corrected chi connectivity index (χ4v) is 2.01. The third-order valence-electron chi connectivity index (χ3n) is 2.60. The fourth-order valence-electron chi connectivity index (χ4n) is 1.46. The van der Waals surface area contributed by atoms with Crippen LogP contribution < -0.4 is 0 Å². The molecule has 0 heterocycles. The summed E-state index contributed by atoms with van der Waals surface area (Å²) >= 11 is 0. The molecule has 1 aromatic rings. The van der Waals surface area contributed by atoms with Crippen molar-refractivity contribution in [2.24, 2.45) is 0 Å². The second kappa shape index (κ2) is 5.24. The number of alkyl halides is 3. The summed E-state index contributed by atoms with van der Waals surface area (Å²) in [5.74, 6) is -0.299. The standard InChI is InChI=1S/C12H13F3O3S/c1-8-6-4-5-7-11(8)9(2)10(3)18-19(16,17)12(13,14)15/h4-7H,1-3H3. The molecule has 0 amide bonds. The summed E-state index contributed by atoms with van der Waals surface area (Å²) < 4.78 is 62.5. The van der Waals surface area contributed by atoms with Crippen LogP contribution in [0.5, 0.6) is 0 Å². The number of hydrogen-bond donors (Lipinski definition) is 0. The second-order valence-electron chi connectivity index (χ2n) is 3.98. The zero-order valence-electron chi connectivity index (χ0n) is 10.6. The Morgan fingerprint density at radius 1 is 1.16 bits per heavy atom. The van der Waals surface area contributed by atoms with Crippen LogP contribution >= 0.6 is 0 Å². The van der Waals surface area contributed by atoms with Crippen LogP contribution in [0.1, 0.15) is 25.0 Å². The summed E-state index contributed by atoms with van der Waals surface area (Å²) in [5, 5.41) is 0. The molecule has 19 heavy (non-hydrogen) atoms. The predicted octanol–water partition coefficient (Wildman–Crippen LogP) is 3.61. The molecule has 0 saturated heterocycles. The SMILES string of the molecule is CC(OS(=O)(=O)C(F)(F)F)=C(C)c1ccccc1C. The molecule has 1 rings (SSSR count). The van der Waals surface area contributed by atoms with Crippen molar-refractivity contribution in [2.45, 2.75) is 26.3 Å². The number of benzene rings is 1. The van der Waals surface area contributed by atoms with E-state index in [1.54, 1.807) is 31.2 Å². The van der Waals surface area contributed by atoms with Crippen molar-refractivity contribution >= 4 is 15.7 Å². The van der Waals surface area contributed by atoms with Crippen LogP contribution in [-0.4, -0.2) is 13.9 Å². The molecule has 3 nitrogen and oxygen atoms in total. The molecule has 0 aromatic heterocycles. The van der Waals surface area contributed by atoms with Gasteiger partial charge in [-0.05, 0) is 37.5 Å². The van der Waals surface area contributed by atoms with Crippen molar-refractivity contribution in [3.8, 4) is 0 Å². The summed E-state index contributed by atoms with van der Waals surface area (Å²) in [7, 11) is -5.62. The first-order chi connectivity index (χ1) is 8.56. The van der Waals surface area contributed by atoms with E-state index in [1.807, 2.05) is 0 Å². The maximum Gasteiger partial charge on any atom is 0.534 e. The van der Waals surface area contributed by atoms with Gasteiger partial charge < -0.3 is 4.18 Å². The van der Waals surface area contributed by atoms with Crippen LogP contribution in [-0.2, 0) is 14.3 Å². The molecule has 0 spiro atoms. The number of hydrogen-bond acceptors (Lipinski definition) is 3. The van der Waals surface area contributed by atoms with Gasteiger partial charge in [-0.3, -0.25) is 0 Å². The van der Waals surface area contributed by atoms with Crippen LogP contribution in [0, 0.1) is 6.92 Å². The first kappa shape index (κ1) is 15.6.